The number of allylic oxidation sites excluding steroid dienone is 1. The summed E-state index contributed by atoms with van der Waals surface area (Å²) in [5.74, 6) is 1.52. The Hall–Kier alpha value is -4.30. The predicted molar refractivity (Wildman–Crippen MR) is 138 cm³/mol. The number of hydrogen-bond donors (Lipinski definition) is 2. The van der Waals surface area contributed by atoms with E-state index in [4.69, 9.17) is 21.1 Å². The topological polar surface area (TPSA) is 90.3 Å². The van der Waals surface area contributed by atoms with Crippen LogP contribution in [-0.4, -0.2) is 27.8 Å². The second kappa shape index (κ2) is 10.1. The molecular formula is C27H24ClN5O3. The SMILES string of the molecule is COc1ccccc1NC(=O)C1=C(C)Nc2ncnn2[C@H]1c1cccc(OCc2ccc(Cl)cc2)c1. The molecule has 1 aliphatic heterocycles. The average Bonchev–Trinajstić information content (AvgIpc) is 3.36. The molecule has 0 radical (unpaired) electrons. The third-order valence-corrected chi connectivity index (χ3v) is 6.14. The Morgan fingerprint density at radius 3 is 2.72 bits per heavy atom. The van der Waals surface area contributed by atoms with Crippen LogP contribution in [0.5, 0.6) is 11.5 Å². The second-order valence-corrected chi connectivity index (χ2v) is 8.67. The van der Waals surface area contributed by atoms with E-state index in [0.717, 1.165) is 11.1 Å². The lowest BCUT2D eigenvalue weighted by atomic mass is 9.94. The predicted octanol–water partition coefficient (Wildman–Crippen LogP) is 5.45. The molecule has 8 nitrogen and oxygen atoms in total. The van der Waals surface area contributed by atoms with Gasteiger partial charge in [0.25, 0.3) is 5.91 Å². The van der Waals surface area contributed by atoms with Crippen molar-refractivity contribution in [3.8, 4) is 11.5 Å². The van der Waals surface area contributed by atoms with E-state index < -0.39 is 6.04 Å². The zero-order valence-electron chi connectivity index (χ0n) is 19.7. The van der Waals surface area contributed by atoms with Gasteiger partial charge >= 0.3 is 0 Å². The standard InChI is InChI=1S/C27H24ClN5O3/c1-17-24(26(34)32-22-8-3-4-9-23(22)35-2)25(33-27(31-17)29-16-30-33)19-6-5-7-21(14-19)36-15-18-10-12-20(28)13-11-18/h3-14,16,25H,15H2,1-2H3,(H,32,34)(H,29,30,31)/t25-/m0/s1. The number of para-hydroxylation sites is 2. The van der Waals surface area contributed by atoms with Crippen LogP contribution in [0.3, 0.4) is 0 Å². The summed E-state index contributed by atoms with van der Waals surface area (Å²) in [5, 5.41) is 11.3. The van der Waals surface area contributed by atoms with Crippen molar-refractivity contribution < 1.29 is 14.3 Å². The van der Waals surface area contributed by atoms with E-state index in [1.165, 1.54) is 6.33 Å². The number of hydrogen-bond acceptors (Lipinski definition) is 6. The largest absolute Gasteiger partial charge is 0.495 e. The van der Waals surface area contributed by atoms with Gasteiger partial charge in [-0.25, -0.2) is 4.68 Å². The summed E-state index contributed by atoms with van der Waals surface area (Å²) in [6, 6.07) is 21.9. The number of nitrogens with zero attached hydrogens (tertiary/aromatic N) is 3. The van der Waals surface area contributed by atoms with E-state index in [2.05, 4.69) is 20.7 Å². The second-order valence-electron chi connectivity index (χ2n) is 8.24. The number of halogens is 1. The molecule has 4 aromatic rings. The Morgan fingerprint density at radius 1 is 1.11 bits per heavy atom. The zero-order chi connectivity index (χ0) is 25.1. The molecule has 0 saturated carbocycles. The average molecular weight is 502 g/mol. The van der Waals surface area contributed by atoms with Crippen LogP contribution in [0.1, 0.15) is 24.1 Å². The summed E-state index contributed by atoms with van der Waals surface area (Å²) in [7, 11) is 1.57. The van der Waals surface area contributed by atoms with Crippen LogP contribution in [0, 0.1) is 0 Å². The zero-order valence-corrected chi connectivity index (χ0v) is 20.5. The Morgan fingerprint density at radius 2 is 1.92 bits per heavy atom. The van der Waals surface area contributed by atoms with Gasteiger partial charge in [-0.1, -0.05) is 48.0 Å². The number of fused-ring (bicyclic) bond motifs is 1. The van der Waals surface area contributed by atoms with E-state index in [0.29, 0.717) is 46.0 Å². The molecular weight excluding hydrogens is 478 g/mol. The van der Waals surface area contributed by atoms with Crippen LogP contribution in [0.25, 0.3) is 0 Å². The van der Waals surface area contributed by atoms with Crippen LogP contribution in [0.4, 0.5) is 11.6 Å². The maximum Gasteiger partial charge on any atom is 0.255 e. The first-order valence-corrected chi connectivity index (χ1v) is 11.7. The van der Waals surface area contributed by atoms with E-state index >= 15 is 0 Å². The summed E-state index contributed by atoms with van der Waals surface area (Å²) >= 11 is 5.98. The highest BCUT2D eigenvalue weighted by molar-refractivity contribution is 6.30. The lowest BCUT2D eigenvalue weighted by molar-refractivity contribution is -0.113. The van der Waals surface area contributed by atoms with Crippen LogP contribution in [0.2, 0.25) is 5.02 Å². The van der Waals surface area contributed by atoms with E-state index in [1.807, 2.05) is 67.6 Å². The summed E-state index contributed by atoms with van der Waals surface area (Å²) in [6.45, 7) is 2.24. The Kier molecular flexibility index (Phi) is 6.60. The minimum absolute atomic E-state index is 0.275. The number of methoxy groups -OCH3 is 1. The number of carbonyl (C=O) groups excluding carboxylic acids is 1. The van der Waals surface area contributed by atoms with Gasteiger partial charge in [0.05, 0.1) is 18.4 Å². The number of rotatable bonds is 7. The van der Waals surface area contributed by atoms with Gasteiger partial charge in [-0.15, -0.1) is 0 Å². The van der Waals surface area contributed by atoms with Gasteiger partial charge in [0.15, 0.2) is 0 Å². The smallest absolute Gasteiger partial charge is 0.255 e. The molecule has 1 atom stereocenters. The van der Waals surface area contributed by atoms with Crippen molar-refractivity contribution in [1.82, 2.24) is 14.8 Å². The molecule has 3 aromatic carbocycles. The first-order chi connectivity index (χ1) is 17.5. The molecule has 0 saturated heterocycles. The lowest BCUT2D eigenvalue weighted by Crippen LogP contribution is -2.31. The molecule has 5 rings (SSSR count). The first-order valence-electron chi connectivity index (χ1n) is 11.3. The molecule has 1 aromatic heterocycles. The Labute approximate surface area is 213 Å². The number of ether oxygens (including phenoxy) is 2. The number of anilines is 2. The van der Waals surface area contributed by atoms with Crippen LogP contribution >= 0.6 is 11.6 Å². The summed E-state index contributed by atoms with van der Waals surface area (Å²) < 4.78 is 13.1. The minimum Gasteiger partial charge on any atom is -0.495 e. The van der Waals surface area contributed by atoms with E-state index in [1.54, 1.807) is 23.9 Å². The molecule has 0 bridgehead atoms. The van der Waals surface area contributed by atoms with Gasteiger partial charge in [0.1, 0.15) is 30.5 Å². The van der Waals surface area contributed by atoms with Gasteiger partial charge in [0, 0.05) is 10.7 Å². The van der Waals surface area contributed by atoms with Crippen LogP contribution in [-0.2, 0) is 11.4 Å². The molecule has 0 spiro atoms. The summed E-state index contributed by atoms with van der Waals surface area (Å²) in [6.07, 6.45) is 1.46. The highest BCUT2D eigenvalue weighted by Crippen LogP contribution is 2.37. The van der Waals surface area contributed by atoms with Gasteiger partial charge < -0.3 is 20.1 Å². The molecule has 0 unspecified atom stereocenters. The molecule has 9 heteroatoms. The fourth-order valence-corrected chi connectivity index (χ4v) is 4.28. The van der Waals surface area contributed by atoms with Crippen molar-refractivity contribution in [1.29, 1.82) is 0 Å². The highest BCUT2D eigenvalue weighted by Gasteiger charge is 2.34. The van der Waals surface area contributed by atoms with Gasteiger partial charge in [-0.2, -0.15) is 10.1 Å². The fraction of sp³-hybridized carbons (Fsp3) is 0.148. The van der Waals surface area contributed by atoms with Crippen LogP contribution in [0.15, 0.2) is 90.4 Å². The number of amides is 1. The van der Waals surface area contributed by atoms with E-state index in [-0.39, 0.29) is 5.91 Å². The van der Waals surface area contributed by atoms with Gasteiger partial charge in [0.2, 0.25) is 5.95 Å². The molecule has 1 aliphatic rings. The number of nitrogens with one attached hydrogen (secondary N) is 2. The fourth-order valence-electron chi connectivity index (χ4n) is 4.15. The molecule has 2 heterocycles. The quantitative estimate of drug-likeness (QED) is 0.350. The minimum atomic E-state index is -0.516. The highest BCUT2D eigenvalue weighted by atomic mass is 35.5. The molecule has 2 N–H and O–H groups in total. The Balaban J connectivity index is 1.46. The summed E-state index contributed by atoms with van der Waals surface area (Å²) in [5.41, 5.74) is 3.60. The molecule has 182 valence electrons. The van der Waals surface area contributed by atoms with Crippen molar-refractivity contribution in [2.75, 3.05) is 17.7 Å². The number of aromatic nitrogens is 3. The van der Waals surface area contributed by atoms with Crippen LogP contribution < -0.4 is 20.1 Å². The number of benzene rings is 3. The lowest BCUT2D eigenvalue weighted by Gasteiger charge is -2.29. The molecule has 0 fully saturated rings. The monoisotopic (exact) mass is 501 g/mol. The Bertz CT molecular complexity index is 1430. The van der Waals surface area contributed by atoms with Crippen molar-refractivity contribution in [2.24, 2.45) is 0 Å². The molecule has 0 aliphatic carbocycles. The van der Waals surface area contributed by atoms with E-state index in [9.17, 15) is 4.79 Å². The van der Waals surface area contributed by atoms with Crippen molar-refractivity contribution in [2.45, 2.75) is 19.6 Å². The van der Waals surface area contributed by atoms with Crippen molar-refractivity contribution in [3.05, 3.63) is 107 Å². The number of carbonyl (C=O) groups is 1. The maximum atomic E-state index is 13.6. The third kappa shape index (κ3) is 4.76. The van der Waals surface area contributed by atoms with Crippen molar-refractivity contribution >= 4 is 29.1 Å². The van der Waals surface area contributed by atoms with Gasteiger partial charge in [-0.3, -0.25) is 4.79 Å². The molecule has 36 heavy (non-hydrogen) atoms. The van der Waals surface area contributed by atoms with Gasteiger partial charge in [-0.05, 0) is 54.4 Å². The normalized spacial score (nSPS) is 14.6. The maximum absolute atomic E-state index is 13.6. The third-order valence-electron chi connectivity index (χ3n) is 5.89. The first kappa shape index (κ1) is 23.4. The molecule has 1 amide bonds. The van der Waals surface area contributed by atoms with Crippen molar-refractivity contribution in [3.63, 3.8) is 0 Å². The summed E-state index contributed by atoms with van der Waals surface area (Å²) in [4.78, 5) is 17.9.